The van der Waals surface area contributed by atoms with Crippen LogP contribution in [0.4, 0.5) is 0 Å². The van der Waals surface area contributed by atoms with Crippen LogP contribution in [0.1, 0.15) is 12.5 Å². The van der Waals surface area contributed by atoms with Crippen LogP contribution in [0.3, 0.4) is 0 Å². The average molecular weight is 184 g/mol. The molecule has 1 N–H and O–H groups in total. The lowest BCUT2D eigenvalue weighted by Gasteiger charge is -2.01. The van der Waals surface area contributed by atoms with Crippen LogP contribution in [0.2, 0.25) is 0 Å². The van der Waals surface area contributed by atoms with E-state index in [1.165, 1.54) is 6.26 Å². The summed E-state index contributed by atoms with van der Waals surface area (Å²) >= 11 is 0. The lowest BCUT2D eigenvalue weighted by atomic mass is 10.2. The summed E-state index contributed by atoms with van der Waals surface area (Å²) < 4.78 is 18.6. The van der Waals surface area contributed by atoms with Crippen molar-refractivity contribution >= 4 is 9.73 Å². The van der Waals surface area contributed by atoms with Crippen molar-refractivity contribution in [3.05, 3.63) is 23.9 Å². The highest BCUT2D eigenvalue weighted by Crippen LogP contribution is 2.08. The molecule has 0 fully saturated rings. The van der Waals surface area contributed by atoms with Gasteiger partial charge in [0.25, 0.3) is 0 Å². The van der Waals surface area contributed by atoms with Crippen LogP contribution in [0, 0.1) is 4.78 Å². The van der Waals surface area contributed by atoms with Gasteiger partial charge in [0.2, 0.25) is 0 Å². The molecule has 0 radical (unpaired) electrons. The summed E-state index contributed by atoms with van der Waals surface area (Å²) in [7, 11) is -2.65. The van der Waals surface area contributed by atoms with Gasteiger partial charge < -0.3 is 0 Å². The molecule has 1 atom stereocenters. The number of rotatable bonds is 2. The van der Waals surface area contributed by atoms with Gasteiger partial charge in [-0.25, -0.2) is 14.0 Å². The number of aromatic nitrogens is 1. The number of nitrogens with zero attached hydrogens (tertiary/aromatic N) is 1. The first-order valence-corrected chi connectivity index (χ1v) is 5.69. The first-order valence-electron chi connectivity index (χ1n) is 3.72. The Morgan fingerprint density at radius 2 is 2.33 bits per heavy atom. The van der Waals surface area contributed by atoms with Crippen LogP contribution in [0.5, 0.6) is 0 Å². The third-order valence-electron chi connectivity index (χ3n) is 1.61. The Bertz CT molecular complexity index is 370. The monoisotopic (exact) mass is 184 g/mol. The maximum absolute atomic E-state index is 11.3. The van der Waals surface area contributed by atoms with Crippen molar-refractivity contribution < 1.29 is 4.21 Å². The second kappa shape index (κ2) is 3.23. The summed E-state index contributed by atoms with van der Waals surface area (Å²) in [5.74, 6) is 0. The molecule has 4 heteroatoms. The zero-order valence-corrected chi connectivity index (χ0v) is 8.02. The Morgan fingerprint density at radius 3 is 2.83 bits per heavy atom. The van der Waals surface area contributed by atoms with Crippen molar-refractivity contribution in [1.82, 2.24) is 4.98 Å². The number of hydrogen-bond acceptors (Lipinski definition) is 3. The van der Waals surface area contributed by atoms with Crippen LogP contribution in [-0.2, 0) is 16.1 Å². The highest BCUT2D eigenvalue weighted by Gasteiger charge is 2.03. The van der Waals surface area contributed by atoms with E-state index in [9.17, 15) is 4.21 Å². The Kier molecular flexibility index (Phi) is 2.47. The molecule has 0 aliphatic carbocycles. The van der Waals surface area contributed by atoms with Gasteiger partial charge in [0.1, 0.15) is 5.03 Å². The first kappa shape index (κ1) is 9.19. The third-order valence-corrected chi connectivity index (χ3v) is 2.63. The molecule has 0 aliphatic rings. The van der Waals surface area contributed by atoms with Gasteiger partial charge in [-0.2, -0.15) is 0 Å². The van der Waals surface area contributed by atoms with E-state index in [4.69, 9.17) is 4.78 Å². The molecular weight excluding hydrogens is 172 g/mol. The molecule has 1 aromatic heterocycles. The van der Waals surface area contributed by atoms with Crippen molar-refractivity contribution in [2.45, 2.75) is 18.4 Å². The molecule has 0 spiro atoms. The highest BCUT2D eigenvalue weighted by molar-refractivity contribution is 7.91. The van der Waals surface area contributed by atoms with Gasteiger partial charge in [0.05, 0.1) is 9.73 Å². The molecule has 1 heterocycles. The minimum absolute atomic E-state index is 0.377. The van der Waals surface area contributed by atoms with Crippen molar-refractivity contribution in [1.29, 1.82) is 4.78 Å². The molecule has 0 aliphatic heterocycles. The topological polar surface area (TPSA) is 53.8 Å². The van der Waals surface area contributed by atoms with Gasteiger partial charge in [-0.05, 0) is 24.1 Å². The number of pyridine rings is 1. The normalized spacial score (nSPS) is 15.5. The van der Waals surface area contributed by atoms with Crippen LogP contribution in [-0.4, -0.2) is 15.4 Å². The summed E-state index contributed by atoms with van der Waals surface area (Å²) in [4.78, 5) is 3.90. The largest absolute Gasteiger partial charge is 0.248 e. The van der Waals surface area contributed by atoms with Gasteiger partial charge in [0.15, 0.2) is 0 Å². The SMILES string of the molecule is CCc1ccnc(S(C)(=N)=O)c1. The minimum atomic E-state index is -2.65. The zero-order chi connectivity index (χ0) is 9.19. The van der Waals surface area contributed by atoms with Gasteiger partial charge >= 0.3 is 0 Å². The van der Waals surface area contributed by atoms with E-state index in [0.29, 0.717) is 5.03 Å². The van der Waals surface area contributed by atoms with Crippen molar-refractivity contribution in [3.8, 4) is 0 Å². The van der Waals surface area contributed by atoms with Crippen molar-refractivity contribution in [3.63, 3.8) is 0 Å². The van der Waals surface area contributed by atoms with Crippen LogP contribution >= 0.6 is 0 Å². The molecule has 12 heavy (non-hydrogen) atoms. The smallest absolute Gasteiger partial charge is 0.135 e. The Hall–Kier alpha value is -0.900. The number of aryl methyl sites for hydroxylation is 1. The second-order valence-corrected chi connectivity index (χ2v) is 4.81. The molecule has 66 valence electrons. The van der Waals surface area contributed by atoms with E-state index in [1.807, 2.05) is 13.0 Å². The zero-order valence-electron chi connectivity index (χ0n) is 7.20. The Labute approximate surface area is 72.8 Å². The lowest BCUT2D eigenvalue weighted by Crippen LogP contribution is -1.98. The quantitative estimate of drug-likeness (QED) is 0.760. The number of hydrogen-bond donors (Lipinski definition) is 1. The third kappa shape index (κ3) is 2.04. The number of nitrogens with one attached hydrogen (secondary N) is 1. The summed E-state index contributed by atoms with van der Waals surface area (Å²) in [6.07, 6.45) is 3.87. The summed E-state index contributed by atoms with van der Waals surface area (Å²) in [6, 6.07) is 3.60. The fourth-order valence-electron chi connectivity index (χ4n) is 0.883. The van der Waals surface area contributed by atoms with Crippen molar-refractivity contribution in [2.24, 2.45) is 0 Å². The minimum Gasteiger partial charge on any atom is -0.248 e. The molecule has 0 saturated heterocycles. The molecule has 0 aromatic carbocycles. The van der Waals surface area contributed by atoms with E-state index < -0.39 is 9.73 Å². The predicted molar refractivity (Wildman–Crippen MR) is 48.7 cm³/mol. The standard InChI is InChI=1S/C8H12N2OS/c1-3-7-4-5-10-8(6-7)12(2,9)11/h4-6,9H,3H2,1-2H3. The molecule has 3 nitrogen and oxygen atoms in total. The maximum atomic E-state index is 11.3. The van der Waals surface area contributed by atoms with Gasteiger partial charge in [0, 0.05) is 12.5 Å². The predicted octanol–water partition coefficient (Wildman–Crippen LogP) is 1.68. The molecule has 1 aromatic rings. The van der Waals surface area contributed by atoms with Crippen molar-refractivity contribution in [2.75, 3.05) is 6.26 Å². The summed E-state index contributed by atoms with van der Waals surface area (Å²) in [5.41, 5.74) is 1.07. The van der Waals surface area contributed by atoms with E-state index in [0.717, 1.165) is 12.0 Å². The summed E-state index contributed by atoms with van der Waals surface area (Å²) in [5, 5.41) is 0.377. The molecule has 0 amide bonds. The molecule has 1 rings (SSSR count). The van der Waals surface area contributed by atoms with E-state index in [2.05, 4.69) is 4.98 Å². The Morgan fingerprint density at radius 1 is 1.67 bits per heavy atom. The maximum Gasteiger partial charge on any atom is 0.135 e. The van der Waals surface area contributed by atoms with Crippen LogP contribution < -0.4 is 0 Å². The average Bonchev–Trinajstić information content (AvgIpc) is 2.03. The first-order chi connectivity index (χ1) is 5.54. The van der Waals surface area contributed by atoms with Crippen LogP contribution in [0.25, 0.3) is 0 Å². The fourth-order valence-corrected chi connectivity index (χ4v) is 1.52. The van der Waals surface area contributed by atoms with Gasteiger partial charge in [-0.1, -0.05) is 6.92 Å². The molecular formula is C8H12N2OS. The van der Waals surface area contributed by atoms with Gasteiger partial charge in [-0.15, -0.1) is 0 Å². The molecule has 0 saturated carbocycles. The fraction of sp³-hybridized carbons (Fsp3) is 0.375. The second-order valence-electron chi connectivity index (χ2n) is 2.70. The van der Waals surface area contributed by atoms with Crippen LogP contribution in [0.15, 0.2) is 23.4 Å². The molecule has 0 bridgehead atoms. The molecule has 1 unspecified atom stereocenters. The van der Waals surface area contributed by atoms with Gasteiger partial charge in [-0.3, -0.25) is 0 Å². The van der Waals surface area contributed by atoms with E-state index >= 15 is 0 Å². The highest BCUT2D eigenvalue weighted by atomic mass is 32.2. The van der Waals surface area contributed by atoms with E-state index in [1.54, 1.807) is 12.3 Å². The lowest BCUT2D eigenvalue weighted by molar-refractivity contribution is 0.675. The van der Waals surface area contributed by atoms with E-state index in [-0.39, 0.29) is 0 Å². The summed E-state index contributed by atoms with van der Waals surface area (Å²) in [6.45, 7) is 2.01. The Balaban J connectivity index is 3.20.